The average molecular weight is 235 g/mol. The highest BCUT2D eigenvalue weighted by atomic mass is 16.2. The van der Waals surface area contributed by atoms with Crippen LogP contribution in [-0.4, -0.2) is 11.9 Å². The molecule has 0 aliphatic carbocycles. The molecule has 4 N–H and O–H groups in total. The third kappa shape index (κ3) is 3.48. The zero-order chi connectivity index (χ0) is 13.0. The maximum absolute atomic E-state index is 11.6. The molecule has 1 aromatic carbocycles. The van der Waals surface area contributed by atoms with E-state index in [1.165, 1.54) is 0 Å². The molecule has 0 radical (unpaired) electrons. The maximum atomic E-state index is 11.6. The van der Waals surface area contributed by atoms with E-state index in [4.69, 9.17) is 5.73 Å². The van der Waals surface area contributed by atoms with Crippen LogP contribution in [-0.2, 0) is 4.79 Å². The molecule has 0 aliphatic heterocycles. The topological polar surface area (TPSA) is 84.2 Å². The summed E-state index contributed by atoms with van der Waals surface area (Å²) in [5, 5.41) is 5.30. The Labute approximate surface area is 100 Å². The summed E-state index contributed by atoms with van der Waals surface area (Å²) >= 11 is 0. The Morgan fingerprint density at radius 3 is 2.18 bits per heavy atom. The normalized spacial score (nSPS) is 10.1. The Morgan fingerprint density at radius 2 is 1.71 bits per heavy atom. The Morgan fingerprint density at radius 1 is 1.18 bits per heavy atom. The summed E-state index contributed by atoms with van der Waals surface area (Å²) in [4.78, 5) is 22.4. The Kier molecular flexibility index (Phi) is 4.09. The van der Waals surface area contributed by atoms with Gasteiger partial charge in [0, 0.05) is 17.3 Å². The van der Waals surface area contributed by atoms with Crippen LogP contribution in [0.15, 0.2) is 18.2 Å². The molecule has 17 heavy (non-hydrogen) atoms. The van der Waals surface area contributed by atoms with Crippen molar-refractivity contribution in [2.45, 2.75) is 20.8 Å². The van der Waals surface area contributed by atoms with Gasteiger partial charge in [0.05, 0.1) is 0 Å². The molecule has 0 atom stereocenters. The van der Waals surface area contributed by atoms with E-state index in [0.717, 1.165) is 5.56 Å². The van der Waals surface area contributed by atoms with Crippen molar-refractivity contribution in [3.63, 3.8) is 0 Å². The monoisotopic (exact) mass is 235 g/mol. The van der Waals surface area contributed by atoms with E-state index in [1.54, 1.807) is 25.1 Å². The van der Waals surface area contributed by atoms with E-state index in [1.807, 2.05) is 13.8 Å². The van der Waals surface area contributed by atoms with Crippen molar-refractivity contribution in [1.82, 2.24) is 0 Å². The van der Waals surface area contributed by atoms with E-state index >= 15 is 0 Å². The molecule has 0 bridgehead atoms. The fourth-order valence-corrected chi connectivity index (χ4v) is 1.32. The van der Waals surface area contributed by atoms with E-state index < -0.39 is 6.03 Å². The van der Waals surface area contributed by atoms with Gasteiger partial charge in [0.2, 0.25) is 5.91 Å². The van der Waals surface area contributed by atoms with Crippen LogP contribution in [0.4, 0.5) is 16.2 Å². The van der Waals surface area contributed by atoms with Gasteiger partial charge in [-0.1, -0.05) is 19.9 Å². The zero-order valence-electron chi connectivity index (χ0n) is 10.2. The lowest BCUT2D eigenvalue weighted by molar-refractivity contribution is -0.118. The van der Waals surface area contributed by atoms with Gasteiger partial charge in [-0.2, -0.15) is 0 Å². The zero-order valence-corrected chi connectivity index (χ0v) is 10.2. The van der Waals surface area contributed by atoms with Crippen LogP contribution < -0.4 is 16.4 Å². The molecule has 1 rings (SSSR count). The van der Waals surface area contributed by atoms with E-state index in [-0.39, 0.29) is 11.8 Å². The molecule has 5 heteroatoms. The SMILES string of the molecule is Cc1c(NC(N)=O)cccc1NC(=O)C(C)C. The van der Waals surface area contributed by atoms with Crippen molar-refractivity contribution in [3.05, 3.63) is 23.8 Å². The lowest BCUT2D eigenvalue weighted by atomic mass is 10.1. The van der Waals surface area contributed by atoms with Gasteiger partial charge in [-0.3, -0.25) is 4.79 Å². The van der Waals surface area contributed by atoms with Crippen molar-refractivity contribution >= 4 is 23.3 Å². The molecule has 92 valence electrons. The van der Waals surface area contributed by atoms with Crippen molar-refractivity contribution in [2.75, 3.05) is 10.6 Å². The van der Waals surface area contributed by atoms with Gasteiger partial charge < -0.3 is 16.4 Å². The summed E-state index contributed by atoms with van der Waals surface area (Å²) in [6.07, 6.45) is 0. The molecule has 0 spiro atoms. The number of nitrogens with two attached hydrogens (primary N) is 1. The van der Waals surface area contributed by atoms with Crippen LogP contribution in [0, 0.1) is 12.8 Å². The first-order valence-electron chi connectivity index (χ1n) is 5.38. The molecule has 0 aromatic heterocycles. The van der Waals surface area contributed by atoms with Crippen molar-refractivity contribution in [2.24, 2.45) is 11.7 Å². The second kappa shape index (κ2) is 5.34. The predicted octanol–water partition coefficient (Wildman–Crippen LogP) is 2.08. The quantitative estimate of drug-likeness (QED) is 0.749. The number of rotatable bonds is 3. The van der Waals surface area contributed by atoms with Crippen LogP contribution >= 0.6 is 0 Å². The van der Waals surface area contributed by atoms with Gasteiger partial charge in [-0.25, -0.2) is 4.79 Å². The van der Waals surface area contributed by atoms with Gasteiger partial charge in [0.15, 0.2) is 0 Å². The largest absolute Gasteiger partial charge is 0.351 e. The highest BCUT2D eigenvalue weighted by Gasteiger charge is 2.10. The summed E-state index contributed by atoms with van der Waals surface area (Å²) in [5.74, 6) is -0.161. The first-order chi connectivity index (χ1) is 7.91. The number of anilines is 2. The van der Waals surface area contributed by atoms with Gasteiger partial charge >= 0.3 is 6.03 Å². The number of carbonyl (C=O) groups excluding carboxylic acids is 2. The second-order valence-corrected chi connectivity index (χ2v) is 4.11. The first kappa shape index (κ1) is 13.0. The number of amides is 3. The van der Waals surface area contributed by atoms with Gasteiger partial charge in [-0.05, 0) is 24.6 Å². The van der Waals surface area contributed by atoms with Crippen LogP contribution in [0.3, 0.4) is 0 Å². The predicted molar refractivity (Wildman–Crippen MR) is 67.9 cm³/mol. The van der Waals surface area contributed by atoms with E-state index in [2.05, 4.69) is 10.6 Å². The number of hydrogen-bond acceptors (Lipinski definition) is 2. The number of benzene rings is 1. The van der Waals surface area contributed by atoms with Gasteiger partial charge in [0.1, 0.15) is 0 Å². The molecule has 0 unspecified atom stereocenters. The Hall–Kier alpha value is -2.04. The summed E-state index contributed by atoms with van der Waals surface area (Å²) < 4.78 is 0. The summed E-state index contributed by atoms with van der Waals surface area (Å²) in [6, 6.07) is 4.63. The van der Waals surface area contributed by atoms with Crippen molar-refractivity contribution < 1.29 is 9.59 Å². The molecule has 5 nitrogen and oxygen atoms in total. The minimum absolute atomic E-state index is 0.0654. The average Bonchev–Trinajstić information content (AvgIpc) is 2.23. The Balaban J connectivity index is 2.94. The number of primary amides is 1. The molecular formula is C12H17N3O2. The summed E-state index contributed by atoms with van der Waals surface area (Å²) in [5.41, 5.74) is 7.11. The standard InChI is InChI=1S/C12H17N3O2/c1-7(2)11(16)14-9-5-4-6-10(8(9)3)15-12(13)17/h4-7H,1-3H3,(H,14,16)(H3,13,15,17). The number of carbonyl (C=O) groups is 2. The minimum Gasteiger partial charge on any atom is -0.351 e. The van der Waals surface area contributed by atoms with Crippen LogP contribution in [0.5, 0.6) is 0 Å². The summed E-state index contributed by atoms with van der Waals surface area (Å²) in [7, 11) is 0. The number of nitrogens with one attached hydrogen (secondary N) is 2. The molecule has 0 saturated heterocycles. The highest BCUT2D eigenvalue weighted by Crippen LogP contribution is 2.23. The van der Waals surface area contributed by atoms with Crippen molar-refractivity contribution in [3.8, 4) is 0 Å². The Bertz CT molecular complexity index is 441. The minimum atomic E-state index is -0.625. The highest BCUT2D eigenvalue weighted by molar-refractivity contribution is 5.95. The molecule has 1 aromatic rings. The molecule has 0 fully saturated rings. The number of urea groups is 1. The molecule has 3 amide bonds. The van der Waals surface area contributed by atoms with Gasteiger partial charge in [0.25, 0.3) is 0 Å². The molecular weight excluding hydrogens is 218 g/mol. The fourth-order valence-electron chi connectivity index (χ4n) is 1.32. The maximum Gasteiger partial charge on any atom is 0.316 e. The van der Waals surface area contributed by atoms with Crippen LogP contribution in [0.1, 0.15) is 19.4 Å². The van der Waals surface area contributed by atoms with Crippen LogP contribution in [0.25, 0.3) is 0 Å². The smallest absolute Gasteiger partial charge is 0.316 e. The first-order valence-corrected chi connectivity index (χ1v) is 5.38. The lowest BCUT2D eigenvalue weighted by Crippen LogP contribution is -2.21. The molecule has 0 heterocycles. The third-order valence-electron chi connectivity index (χ3n) is 2.37. The molecule has 0 saturated carbocycles. The van der Waals surface area contributed by atoms with E-state index in [9.17, 15) is 9.59 Å². The number of hydrogen-bond donors (Lipinski definition) is 3. The molecule has 0 aliphatic rings. The van der Waals surface area contributed by atoms with Crippen molar-refractivity contribution in [1.29, 1.82) is 0 Å². The lowest BCUT2D eigenvalue weighted by Gasteiger charge is -2.13. The van der Waals surface area contributed by atoms with Crippen LogP contribution in [0.2, 0.25) is 0 Å². The van der Waals surface area contributed by atoms with Gasteiger partial charge in [-0.15, -0.1) is 0 Å². The second-order valence-electron chi connectivity index (χ2n) is 4.11. The summed E-state index contributed by atoms with van der Waals surface area (Å²) in [6.45, 7) is 5.44. The fraction of sp³-hybridized carbons (Fsp3) is 0.333. The third-order valence-corrected chi connectivity index (χ3v) is 2.37. The van der Waals surface area contributed by atoms with E-state index in [0.29, 0.717) is 11.4 Å².